The minimum absolute atomic E-state index is 0.0467. The van der Waals surface area contributed by atoms with E-state index in [9.17, 15) is 0 Å². The standard InChI is InChI=1S/C13H21N3S/c1-16(9-11(15)8-14)12-4-5-13-10(7-12)3-2-6-17-13/h4-5,7,11H,2-3,6,8-9,14-15H2,1H3. The molecule has 0 amide bonds. The Bertz CT molecular complexity index is 381. The molecule has 1 aliphatic heterocycles. The monoisotopic (exact) mass is 251 g/mol. The Kier molecular flexibility index (Phi) is 4.31. The number of likely N-dealkylation sites (N-methyl/N-ethyl adjacent to an activating group) is 1. The molecule has 2 rings (SSSR count). The first-order valence-electron chi connectivity index (χ1n) is 6.13. The van der Waals surface area contributed by atoms with Gasteiger partial charge >= 0.3 is 0 Å². The minimum atomic E-state index is 0.0467. The van der Waals surface area contributed by atoms with Crippen molar-refractivity contribution in [2.24, 2.45) is 11.5 Å². The van der Waals surface area contributed by atoms with Crippen LogP contribution in [0.25, 0.3) is 0 Å². The number of rotatable bonds is 4. The fourth-order valence-corrected chi connectivity index (χ4v) is 3.14. The van der Waals surface area contributed by atoms with Crippen molar-refractivity contribution in [1.82, 2.24) is 0 Å². The molecule has 1 aromatic carbocycles. The average Bonchev–Trinajstić information content (AvgIpc) is 2.38. The van der Waals surface area contributed by atoms with Gasteiger partial charge in [0, 0.05) is 36.8 Å². The Hall–Kier alpha value is -0.710. The largest absolute Gasteiger partial charge is 0.373 e. The Morgan fingerprint density at radius 2 is 2.29 bits per heavy atom. The third-order valence-corrected chi connectivity index (χ3v) is 4.35. The van der Waals surface area contributed by atoms with Crippen molar-refractivity contribution in [3.8, 4) is 0 Å². The van der Waals surface area contributed by atoms with Crippen LogP contribution in [0.1, 0.15) is 12.0 Å². The molecule has 0 fully saturated rings. The number of aryl methyl sites for hydroxylation is 1. The number of hydrogen-bond donors (Lipinski definition) is 2. The number of benzene rings is 1. The molecule has 0 saturated heterocycles. The minimum Gasteiger partial charge on any atom is -0.373 e. The Morgan fingerprint density at radius 3 is 3.06 bits per heavy atom. The molecule has 1 atom stereocenters. The fraction of sp³-hybridized carbons (Fsp3) is 0.538. The maximum atomic E-state index is 5.88. The molecule has 0 radical (unpaired) electrons. The first kappa shape index (κ1) is 12.7. The summed E-state index contributed by atoms with van der Waals surface area (Å²) in [6.07, 6.45) is 2.49. The van der Waals surface area contributed by atoms with Crippen LogP contribution in [0.4, 0.5) is 5.69 Å². The Balaban J connectivity index is 2.10. The molecular formula is C13H21N3S. The second-order valence-electron chi connectivity index (χ2n) is 4.62. The van der Waals surface area contributed by atoms with E-state index in [0.717, 1.165) is 6.54 Å². The van der Waals surface area contributed by atoms with Crippen LogP contribution in [0.2, 0.25) is 0 Å². The van der Waals surface area contributed by atoms with Gasteiger partial charge in [0.25, 0.3) is 0 Å². The number of hydrogen-bond acceptors (Lipinski definition) is 4. The van der Waals surface area contributed by atoms with Gasteiger partial charge in [0.2, 0.25) is 0 Å². The van der Waals surface area contributed by atoms with Crippen LogP contribution in [0.5, 0.6) is 0 Å². The summed E-state index contributed by atoms with van der Waals surface area (Å²) in [6, 6.07) is 6.76. The van der Waals surface area contributed by atoms with Crippen LogP contribution in [0, 0.1) is 0 Å². The molecule has 3 nitrogen and oxygen atoms in total. The maximum absolute atomic E-state index is 5.88. The van der Waals surface area contributed by atoms with E-state index < -0.39 is 0 Å². The van der Waals surface area contributed by atoms with Crippen molar-refractivity contribution in [2.45, 2.75) is 23.8 Å². The highest BCUT2D eigenvalue weighted by Gasteiger charge is 2.12. The molecule has 0 aromatic heterocycles. The molecular weight excluding hydrogens is 230 g/mol. The molecule has 17 heavy (non-hydrogen) atoms. The van der Waals surface area contributed by atoms with E-state index in [1.165, 1.54) is 34.7 Å². The van der Waals surface area contributed by atoms with Gasteiger partial charge in [-0.15, -0.1) is 11.8 Å². The molecule has 0 aliphatic carbocycles. The molecule has 0 bridgehead atoms. The smallest absolute Gasteiger partial charge is 0.0367 e. The first-order chi connectivity index (χ1) is 8.20. The number of anilines is 1. The van der Waals surface area contributed by atoms with Gasteiger partial charge in [-0.1, -0.05) is 0 Å². The van der Waals surface area contributed by atoms with Crippen molar-refractivity contribution in [3.05, 3.63) is 23.8 Å². The molecule has 1 aliphatic rings. The van der Waals surface area contributed by atoms with E-state index >= 15 is 0 Å². The SMILES string of the molecule is CN(CC(N)CN)c1ccc2c(c1)CCCS2. The van der Waals surface area contributed by atoms with Crippen LogP contribution in [-0.2, 0) is 6.42 Å². The number of fused-ring (bicyclic) bond motifs is 1. The predicted molar refractivity (Wildman–Crippen MR) is 75.8 cm³/mol. The molecule has 94 valence electrons. The highest BCUT2D eigenvalue weighted by Crippen LogP contribution is 2.32. The van der Waals surface area contributed by atoms with Gasteiger partial charge in [0.15, 0.2) is 0 Å². The molecule has 0 spiro atoms. The third-order valence-electron chi connectivity index (χ3n) is 3.14. The number of nitrogens with zero attached hydrogens (tertiary/aromatic N) is 1. The quantitative estimate of drug-likeness (QED) is 0.850. The van der Waals surface area contributed by atoms with Gasteiger partial charge in [0.05, 0.1) is 0 Å². The lowest BCUT2D eigenvalue weighted by Gasteiger charge is -2.25. The van der Waals surface area contributed by atoms with Crippen molar-refractivity contribution in [1.29, 1.82) is 0 Å². The number of nitrogens with two attached hydrogens (primary N) is 2. The van der Waals surface area contributed by atoms with E-state index in [1.807, 2.05) is 11.8 Å². The molecule has 4 N–H and O–H groups in total. The van der Waals surface area contributed by atoms with Gasteiger partial charge < -0.3 is 16.4 Å². The fourth-order valence-electron chi connectivity index (χ4n) is 2.12. The normalized spacial score (nSPS) is 16.4. The summed E-state index contributed by atoms with van der Waals surface area (Å²) in [5, 5.41) is 0. The summed E-state index contributed by atoms with van der Waals surface area (Å²) in [6.45, 7) is 1.34. The second-order valence-corrected chi connectivity index (χ2v) is 5.76. The van der Waals surface area contributed by atoms with Crippen molar-refractivity contribution >= 4 is 17.4 Å². The Labute approximate surface area is 108 Å². The Morgan fingerprint density at radius 1 is 1.47 bits per heavy atom. The van der Waals surface area contributed by atoms with Crippen LogP contribution < -0.4 is 16.4 Å². The second kappa shape index (κ2) is 5.76. The predicted octanol–water partition coefficient (Wildman–Crippen LogP) is 1.45. The van der Waals surface area contributed by atoms with Gasteiger partial charge in [0.1, 0.15) is 0 Å². The van der Waals surface area contributed by atoms with Gasteiger partial charge in [-0.2, -0.15) is 0 Å². The van der Waals surface area contributed by atoms with E-state index in [-0.39, 0.29) is 6.04 Å². The lowest BCUT2D eigenvalue weighted by atomic mass is 10.1. The molecule has 1 unspecified atom stereocenters. The summed E-state index contributed by atoms with van der Waals surface area (Å²) in [7, 11) is 2.08. The van der Waals surface area contributed by atoms with Gasteiger partial charge in [-0.3, -0.25) is 0 Å². The van der Waals surface area contributed by atoms with E-state index in [0.29, 0.717) is 6.54 Å². The lowest BCUT2D eigenvalue weighted by Crippen LogP contribution is -2.40. The van der Waals surface area contributed by atoms with E-state index in [1.54, 1.807) is 0 Å². The topological polar surface area (TPSA) is 55.3 Å². The van der Waals surface area contributed by atoms with E-state index in [2.05, 4.69) is 30.1 Å². The zero-order valence-electron chi connectivity index (χ0n) is 10.4. The average molecular weight is 251 g/mol. The third kappa shape index (κ3) is 3.15. The lowest BCUT2D eigenvalue weighted by molar-refractivity contribution is 0.667. The highest BCUT2D eigenvalue weighted by atomic mass is 32.2. The summed E-state index contributed by atoms with van der Waals surface area (Å²) >= 11 is 1.96. The molecule has 4 heteroatoms. The first-order valence-corrected chi connectivity index (χ1v) is 7.12. The molecule has 1 heterocycles. The van der Waals surface area contributed by atoms with Crippen molar-refractivity contribution in [2.75, 3.05) is 30.8 Å². The summed E-state index contributed by atoms with van der Waals surface area (Å²) in [5.74, 6) is 1.25. The van der Waals surface area contributed by atoms with Crippen molar-refractivity contribution in [3.63, 3.8) is 0 Å². The molecule has 0 saturated carbocycles. The van der Waals surface area contributed by atoms with Crippen molar-refractivity contribution < 1.29 is 0 Å². The summed E-state index contributed by atoms with van der Waals surface area (Å²) in [5.41, 5.74) is 14.2. The molecule has 1 aromatic rings. The zero-order valence-corrected chi connectivity index (χ0v) is 11.2. The number of thioether (sulfide) groups is 1. The highest BCUT2D eigenvalue weighted by molar-refractivity contribution is 7.99. The van der Waals surface area contributed by atoms with Crippen LogP contribution in [-0.4, -0.2) is 31.9 Å². The van der Waals surface area contributed by atoms with Gasteiger partial charge in [-0.05, 0) is 42.4 Å². The van der Waals surface area contributed by atoms with Crippen LogP contribution >= 0.6 is 11.8 Å². The van der Waals surface area contributed by atoms with Crippen LogP contribution in [0.15, 0.2) is 23.1 Å². The van der Waals surface area contributed by atoms with E-state index in [4.69, 9.17) is 11.5 Å². The summed E-state index contributed by atoms with van der Waals surface area (Å²) in [4.78, 5) is 3.63. The maximum Gasteiger partial charge on any atom is 0.0367 e. The summed E-state index contributed by atoms with van der Waals surface area (Å²) < 4.78 is 0. The van der Waals surface area contributed by atoms with Gasteiger partial charge in [-0.25, -0.2) is 0 Å². The van der Waals surface area contributed by atoms with Crippen LogP contribution in [0.3, 0.4) is 0 Å². The zero-order chi connectivity index (χ0) is 12.3.